The number of allylic oxidation sites excluding steroid dienone is 1. The van der Waals surface area contributed by atoms with Gasteiger partial charge in [0.1, 0.15) is 0 Å². The maximum Gasteiger partial charge on any atom is 0.203 e. The standard InChI is InChI=1S/C27H25BrClNO5/c1-32-24-14-18(15-25(33-2)27(24)35-4)9-8-17-12-21(28)26(34-3)22(13-17)30-11-10-23(31)19-6-5-7-20(29)16-19/h5-16,30H,1-4H3. The first-order chi connectivity index (χ1) is 16.9. The van der Waals surface area contributed by atoms with Gasteiger partial charge < -0.3 is 24.3 Å². The third kappa shape index (κ3) is 6.59. The van der Waals surface area contributed by atoms with E-state index in [0.29, 0.717) is 39.3 Å². The van der Waals surface area contributed by atoms with Crippen LogP contribution in [-0.2, 0) is 0 Å². The summed E-state index contributed by atoms with van der Waals surface area (Å²) in [6.07, 6.45) is 6.88. The van der Waals surface area contributed by atoms with Crippen LogP contribution in [-0.4, -0.2) is 34.2 Å². The summed E-state index contributed by atoms with van der Waals surface area (Å²) in [4.78, 5) is 12.4. The van der Waals surface area contributed by atoms with E-state index in [2.05, 4.69) is 21.2 Å². The van der Waals surface area contributed by atoms with Gasteiger partial charge in [-0.2, -0.15) is 0 Å². The van der Waals surface area contributed by atoms with Gasteiger partial charge in [0.05, 0.1) is 38.6 Å². The van der Waals surface area contributed by atoms with Crippen LogP contribution in [0.2, 0.25) is 5.02 Å². The van der Waals surface area contributed by atoms with Crippen LogP contribution in [0.4, 0.5) is 5.69 Å². The van der Waals surface area contributed by atoms with Gasteiger partial charge in [0.2, 0.25) is 5.75 Å². The number of benzene rings is 3. The average molecular weight is 559 g/mol. The molecule has 3 aromatic rings. The summed E-state index contributed by atoms with van der Waals surface area (Å²) < 4.78 is 22.5. The lowest BCUT2D eigenvalue weighted by molar-refractivity contribution is 0.104. The Morgan fingerprint density at radius 1 is 0.857 bits per heavy atom. The molecule has 6 nitrogen and oxygen atoms in total. The maximum atomic E-state index is 12.4. The van der Waals surface area contributed by atoms with Crippen LogP contribution in [0.3, 0.4) is 0 Å². The summed E-state index contributed by atoms with van der Waals surface area (Å²) in [6, 6.07) is 14.4. The highest BCUT2D eigenvalue weighted by atomic mass is 79.9. The minimum absolute atomic E-state index is 0.170. The Hall–Kier alpha value is -3.42. The Bertz CT molecular complexity index is 1250. The number of halogens is 2. The molecule has 0 bridgehead atoms. The highest BCUT2D eigenvalue weighted by Crippen LogP contribution is 2.39. The molecule has 0 radical (unpaired) electrons. The Kier molecular flexibility index (Phi) is 9.23. The molecule has 0 spiro atoms. The minimum Gasteiger partial charge on any atom is -0.493 e. The number of carbonyl (C=O) groups excluding carboxylic acids is 1. The number of ether oxygens (including phenoxy) is 4. The second-order valence-corrected chi connectivity index (χ2v) is 8.52. The van der Waals surface area contributed by atoms with E-state index in [9.17, 15) is 4.79 Å². The second kappa shape index (κ2) is 12.3. The molecule has 3 rings (SSSR count). The van der Waals surface area contributed by atoms with E-state index < -0.39 is 0 Å². The molecule has 0 amide bonds. The van der Waals surface area contributed by atoms with Gasteiger partial charge in [-0.05, 0) is 63.5 Å². The van der Waals surface area contributed by atoms with Gasteiger partial charge in [-0.15, -0.1) is 0 Å². The highest BCUT2D eigenvalue weighted by molar-refractivity contribution is 9.10. The summed E-state index contributed by atoms with van der Waals surface area (Å²) in [7, 11) is 6.30. The number of nitrogens with one attached hydrogen (secondary N) is 1. The molecule has 0 heterocycles. The molecule has 0 aromatic heterocycles. The van der Waals surface area contributed by atoms with Gasteiger partial charge in [-0.1, -0.05) is 35.9 Å². The molecule has 0 saturated heterocycles. The number of hydrogen-bond donors (Lipinski definition) is 1. The molecule has 0 atom stereocenters. The van der Waals surface area contributed by atoms with Crippen molar-refractivity contribution < 1.29 is 23.7 Å². The van der Waals surface area contributed by atoms with Crippen molar-refractivity contribution in [1.29, 1.82) is 0 Å². The summed E-state index contributed by atoms with van der Waals surface area (Å²) in [5.41, 5.74) is 2.95. The largest absolute Gasteiger partial charge is 0.493 e. The average Bonchev–Trinajstić information content (AvgIpc) is 2.86. The van der Waals surface area contributed by atoms with E-state index in [1.165, 1.54) is 6.08 Å². The normalized spacial score (nSPS) is 11.0. The molecular weight excluding hydrogens is 534 g/mol. The molecular formula is C27H25BrClNO5. The zero-order valence-corrected chi connectivity index (χ0v) is 22.1. The first-order valence-electron chi connectivity index (χ1n) is 10.5. The van der Waals surface area contributed by atoms with Gasteiger partial charge in [-0.25, -0.2) is 0 Å². The lowest BCUT2D eigenvalue weighted by Gasteiger charge is -2.13. The third-order valence-corrected chi connectivity index (χ3v) is 5.83. The van der Waals surface area contributed by atoms with Crippen molar-refractivity contribution >= 4 is 51.2 Å². The Labute approximate surface area is 218 Å². The predicted octanol–water partition coefficient (Wildman–Crippen LogP) is 7.12. The van der Waals surface area contributed by atoms with Gasteiger partial charge in [-0.3, -0.25) is 4.79 Å². The molecule has 1 N–H and O–H groups in total. The molecule has 3 aromatic carbocycles. The first kappa shape index (κ1) is 26.2. The SMILES string of the molecule is COc1cc(C=Cc2cc(Br)c(OC)c(NC=CC(=O)c3cccc(Cl)c3)c2)cc(OC)c1OC. The van der Waals surface area contributed by atoms with Crippen molar-refractivity contribution in [2.24, 2.45) is 0 Å². The van der Waals surface area contributed by atoms with Crippen LogP contribution in [0, 0.1) is 0 Å². The zero-order chi connectivity index (χ0) is 25.4. The Balaban J connectivity index is 1.85. The van der Waals surface area contributed by atoms with Crippen LogP contribution in [0.1, 0.15) is 21.5 Å². The van der Waals surface area contributed by atoms with Crippen molar-refractivity contribution in [2.75, 3.05) is 33.8 Å². The molecule has 182 valence electrons. The van der Waals surface area contributed by atoms with E-state index >= 15 is 0 Å². The van der Waals surface area contributed by atoms with Crippen LogP contribution >= 0.6 is 27.5 Å². The van der Waals surface area contributed by atoms with E-state index in [-0.39, 0.29) is 5.78 Å². The number of carbonyl (C=O) groups is 1. The van der Waals surface area contributed by atoms with Crippen molar-refractivity contribution in [3.05, 3.63) is 87.0 Å². The Morgan fingerprint density at radius 2 is 1.49 bits per heavy atom. The number of rotatable bonds is 10. The molecule has 0 saturated carbocycles. The molecule has 0 unspecified atom stereocenters. The van der Waals surface area contributed by atoms with Crippen molar-refractivity contribution in [3.63, 3.8) is 0 Å². The number of anilines is 1. The first-order valence-corrected chi connectivity index (χ1v) is 11.7. The van der Waals surface area contributed by atoms with Crippen LogP contribution in [0.5, 0.6) is 23.0 Å². The van der Waals surface area contributed by atoms with E-state index in [0.717, 1.165) is 15.6 Å². The lowest BCUT2D eigenvalue weighted by Crippen LogP contribution is -1.98. The van der Waals surface area contributed by atoms with E-state index in [4.69, 9.17) is 30.5 Å². The van der Waals surface area contributed by atoms with Crippen LogP contribution in [0.25, 0.3) is 12.2 Å². The number of hydrogen-bond acceptors (Lipinski definition) is 6. The molecule has 0 aliphatic carbocycles. The molecule has 8 heteroatoms. The van der Waals surface area contributed by atoms with Crippen molar-refractivity contribution in [1.82, 2.24) is 0 Å². The molecule has 35 heavy (non-hydrogen) atoms. The highest BCUT2D eigenvalue weighted by Gasteiger charge is 2.13. The monoisotopic (exact) mass is 557 g/mol. The molecule has 0 aliphatic rings. The summed E-state index contributed by atoms with van der Waals surface area (Å²) >= 11 is 9.53. The molecule has 0 fully saturated rings. The fraction of sp³-hybridized carbons (Fsp3) is 0.148. The smallest absolute Gasteiger partial charge is 0.203 e. The molecule has 0 aliphatic heterocycles. The topological polar surface area (TPSA) is 66.0 Å². The maximum absolute atomic E-state index is 12.4. The van der Waals surface area contributed by atoms with Crippen LogP contribution in [0.15, 0.2) is 65.3 Å². The minimum atomic E-state index is -0.170. The van der Waals surface area contributed by atoms with Crippen molar-refractivity contribution in [3.8, 4) is 23.0 Å². The summed E-state index contributed by atoms with van der Waals surface area (Å²) in [6.45, 7) is 0. The van der Waals surface area contributed by atoms with Gasteiger partial charge in [0, 0.05) is 22.9 Å². The van der Waals surface area contributed by atoms with Gasteiger partial charge >= 0.3 is 0 Å². The van der Waals surface area contributed by atoms with Crippen LogP contribution < -0.4 is 24.3 Å². The summed E-state index contributed by atoms with van der Waals surface area (Å²) in [5, 5.41) is 3.64. The fourth-order valence-electron chi connectivity index (χ4n) is 3.36. The van der Waals surface area contributed by atoms with E-state index in [1.54, 1.807) is 58.9 Å². The fourth-order valence-corrected chi connectivity index (χ4v) is 4.19. The lowest BCUT2D eigenvalue weighted by atomic mass is 10.1. The van der Waals surface area contributed by atoms with Gasteiger partial charge in [0.25, 0.3) is 0 Å². The number of methoxy groups -OCH3 is 4. The van der Waals surface area contributed by atoms with Crippen molar-refractivity contribution in [2.45, 2.75) is 0 Å². The Morgan fingerprint density at radius 3 is 2.06 bits per heavy atom. The van der Waals surface area contributed by atoms with Gasteiger partial charge in [0.15, 0.2) is 23.0 Å². The second-order valence-electron chi connectivity index (χ2n) is 7.23. The van der Waals surface area contributed by atoms with E-state index in [1.807, 2.05) is 36.4 Å². The summed E-state index contributed by atoms with van der Waals surface area (Å²) in [5.74, 6) is 2.11. The third-order valence-electron chi connectivity index (χ3n) is 5.01. The quantitative estimate of drug-likeness (QED) is 0.162. The number of ketones is 1. The zero-order valence-electron chi connectivity index (χ0n) is 19.7. The predicted molar refractivity (Wildman–Crippen MR) is 144 cm³/mol.